The fraction of sp³-hybridized carbons (Fsp3) is 0.526. The van der Waals surface area contributed by atoms with Crippen LogP contribution >= 0.6 is 0 Å². The Bertz CT molecular complexity index is 743. The van der Waals surface area contributed by atoms with E-state index in [4.69, 9.17) is 0 Å². The SMILES string of the molecule is CC1CCCC(C)N1C(=O)CN1C(=O)NC(C)(c2ccccc2F)C1=O. The summed E-state index contributed by atoms with van der Waals surface area (Å²) in [4.78, 5) is 40.6. The zero-order valence-electron chi connectivity index (χ0n) is 15.3. The van der Waals surface area contributed by atoms with Crippen molar-refractivity contribution >= 4 is 17.8 Å². The molecule has 6 nitrogen and oxygen atoms in total. The second kappa shape index (κ2) is 6.70. The quantitative estimate of drug-likeness (QED) is 0.841. The van der Waals surface area contributed by atoms with Crippen LogP contribution in [0.3, 0.4) is 0 Å². The molecular weight excluding hydrogens is 337 g/mol. The Hall–Kier alpha value is -2.44. The van der Waals surface area contributed by atoms with E-state index in [1.807, 2.05) is 13.8 Å². The fourth-order valence-corrected chi connectivity index (χ4v) is 4.02. The molecule has 0 bridgehead atoms. The Morgan fingerprint density at radius 3 is 2.46 bits per heavy atom. The zero-order chi connectivity index (χ0) is 19.1. The van der Waals surface area contributed by atoms with Crippen molar-refractivity contribution in [2.24, 2.45) is 0 Å². The van der Waals surface area contributed by atoms with Gasteiger partial charge in [-0.1, -0.05) is 18.2 Å². The highest BCUT2D eigenvalue weighted by Crippen LogP contribution is 2.31. The van der Waals surface area contributed by atoms with Gasteiger partial charge in [-0.15, -0.1) is 0 Å². The van der Waals surface area contributed by atoms with E-state index in [9.17, 15) is 18.8 Å². The normalized spacial score (nSPS) is 29.1. The van der Waals surface area contributed by atoms with Crippen molar-refractivity contribution in [2.75, 3.05) is 6.54 Å². The molecule has 3 rings (SSSR count). The lowest BCUT2D eigenvalue weighted by Gasteiger charge is -2.39. The molecular formula is C19H24FN3O3. The molecule has 0 spiro atoms. The van der Waals surface area contributed by atoms with Crippen LogP contribution in [0.25, 0.3) is 0 Å². The molecule has 0 aromatic heterocycles. The van der Waals surface area contributed by atoms with E-state index in [0.29, 0.717) is 0 Å². The summed E-state index contributed by atoms with van der Waals surface area (Å²) in [5.41, 5.74) is -1.42. The highest BCUT2D eigenvalue weighted by molar-refractivity contribution is 6.09. The lowest BCUT2D eigenvalue weighted by atomic mass is 9.91. The van der Waals surface area contributed by atoms with Gasteiger partial charge in [0.1, 0.15) is 17.9 Å². The Kier molecular flexibility index (Phi) is 4.73. The summed E-state index contributed by atoms with van der Waals surface area (Å²) < 4.78 is 14.2. The van der Waals surface area contributed by atoms with Crippen LogP contribution in [0.5, 0.6) is 0 Å². The molecule has 26 heavy (non-hydrogen) atoms. The number of imide groups is 1. The van der Waals surface area contributed by atoms with Crippen LogP contribution in [0.2, 0.25) is 0 Å². The van der Waals surface area contributed by atoms with Crippen LogP contribution < -0.4 is 5.32 Å². The van der Waals surface area contributed by atoms with Crippen molar-refractivity contribution in [3.8, 4) is 0 Å². The van der Waals surface area contributed by atoms with Gasteiger partial charge in [-0.25, -0.2) is 9.18 Å². The summed E-state index contributed by atoms with van der Waals surface area (Å²) in [6.07, 6.45) is 2.87. The number of hydrogen-bond donors (Lipinski definition) is 1. The van der Waals surface area contributed by atoms with E-state index < -0.39 is 23.3 Å². The summed E-state index contributed by atoms with van der Waals surface area (Å²) in [7, 11) is 0. The number of urea groups is 1. The molecule has 2 aliphatic heterocycles. The predicted molar refractivity (Wildman–Crippen MR) is 93.6 cm³/mol. The van der Waals surface area contributed by atoms with Gasteiger partial charge in [0.15, 0.2) is 0 Å². The fourth-order valence-electron chi connectivity index (χ4n) is 4.02. The molecule has 0 radical (unpaired) electrons. The van der Waals surface area contributed by atoms with Crippen LogP contribution in [0.15, 0.2) is 24.3 Å². The third kappa shape index (κ3) is 2.95. The summed E-state index contributed by atoms with van der Waals surface area (Å²) in [5, 5.41) is 2.54. The molecule has 1 aromatic rings. The molecule has 2 saturated heterocycles. The minimum Gasteiger partial charge on any atom is -0.336 e. The van der Waals surface area contributed by atoms with Crippen molar-refractivity contribution in [1.82, 2.24) is 15.1 Å². The number of rotatable bonds is 3. The number of hydrogen-bond acceptors (Lipinski definition) is 3. The lowest BCUT2D eigenvalue weighted by Crippen LogP contribution is -2.52. The molecule has 0 saturated carbocycles. The van der Waals surface area contributed by atoms with E-state index in [2.05, 4.69) is 5.32 Å². The van der Waals surface area contributed by atoms with Gasteiger partial charge < -0.3 is 10.2 Å². The van der Waals surface area contributed by atoms with E-state index in [1.54, 1.807) is 11.0 Å². The number of likely N-dealkylation sites (tertiary alicyclic amines) is 1. The van der Waals surface area contributed by atoms with Gasteiger partial charge in [0.2, 0.25) is 5.91 Å². The van der Waals surface area contributed by atoms with Gasteiger partial charge in [-0.05, 0) is 46.1 Å². The Labute approximate surface area is 152 Å². The zero-order valence-corrected chi connectivity index (χ0v) is 15.3. The summed E-state index contributed by atoms with van der Waals surface area (Å²) >= 11 is 0. The predicted octanol–water partition coefficient (Wildman–Crippen LogP) is 2.38. The molecule has 0 aliphatic carbocycles. The monoisotopic (exact) mass is 361 g/mol. The van der Waals surface area contributed by atoms with Crippen molar-refractivity contribution in [1.29, 1.82) is 0 Å². The first-order chi connectivity index (χ1) is 12.3. The molecule has 2 fully saturated rings. The largest absolute Gasteiger partial charge is 0.336 e. The van der Waals surface area contributed by atoms with Gasteiger partial charge in [0.25, 0.3) is 5.91 Å². The summed E-state index contributed by atoms with van der Waals surface area (Å²) in [5.74, 6) is -1.45. The number of piperidine rings is 1. The molecule has 4 amide bonds. The first kappa shape index (κ1) is 18.4. The first-order valence-corrected chi connectivity index (χ1v) is 8.96. The Morgan fingerprint density at radius 1 is 1.23 bits per heavy atom. The minimum absolute atomic E-state index is 0.0740. The molecule has 3 unspecified atom stereocenters. The smallest absolute Gasteiger partial charge is 0.325 e. The lowest BCUT2D eigenvalue weighted by molar-refractivity contribution is -0.142. The maximum absolute atomic E-state index is 14.2. The minimum atomic E-state index is -1.51. The van der Waals surface area contributed by atoms with Gasteiger partial charge in [-0.2, -0.15) is 0 Å². The second-order valence-corrected chi connectivity index (χ2v) is 7.36. The average molecular weight is 361 g/mol. The van der Waals surface area contributed by atoms with Crippen molar-refractivity contribution in [3.63, 3.8) is 0 Å². The number of halogens is 1. The highest BCUT2D eigenvalue weighted by Gasteiger charge is 2.51. The van der Waals surface area contributed by atoms with Crippen LogP contribution in [0.1, 0.15) is 45.6 Å². The van der Waals surface area contributed by atoms with Crippen LogP contribution in [-0.2, 0) is 15.1 Å². The molecule has 2 heterocycles. The van der Waals surface area contributed by atoms with Gasteiger partial charge in [0.05, 0.1) is 0 Å². The summed E-state index contributed by atoms with van der Waals surface area (Å²) in [6, 6.07) is 5.30. The Morgan fingerprint density at radius 2 is 1.85 bits per heavy atom. The van der Waals surface area contributed by atoms with Crippen molar-refractivity contribution < 1.29 is 18.8 Å². The summed E-state index contributed by atoms with van der Waals surface area (Å²) in [6.45, 7) is 5.08. The van der Waals surface area contributed by atoms with E-state index >= 15 is 0 Å². The molecule has 140 valence electrons. The van der Waals surface area contributed by atoms with Crippen LogP contribution in [0, 0.1) is 5.82 Å². The van der Waals surface area contributed by atoms with Gasteiger partial charge >= 0.3 is 6.03 Å². The first-order valence-electron chi connectivity index (χ1n) is 8.96. The number of carbonyl (C=O) groups excluding carboxylic acids is 3. The maximum Gasteiger partial charge on any atom is 0.325 e. The topological polar surface area (TPSA) is 69.7 Å². The highest BCUT2D eigenvalue weighted by atomic mass is 19.1. The Balaban J connectivity index is 1.81. The van der Waals surface area contributed by atoms with E-state index in [0.717, 1.165) is 24.2 Å². The number of benzene rings is 1. The van der Waals surface area contributed by atoms with Crippen LogP contribution in [-0.4, -0.2) is 46.3 Å². The third-order valence-corrected chi connectivity index (χ3v) is 5.46. The maximum atomic E-state index is 14.2. The number of nitrogens with one attached hydrogen (secondary N) is 1. The average Bonchev–Trinajstić information content (AvgIpc) is 2.79. The van der Waals surface area contributed by atoms with Crippen LogP contribution in [0.4, 0.5) is 9.18 Å². The number of nitrogens with zero attached hydrogens (tertiary/aromatic N) is 2. The number of carbonyl (C=O) groups is 3. The standard InChI is InChI=1S/C19H24FN3O3/c1-12-7-6-8-13(2)23(12)16(24)11-22-17(25)19(3,21-18(22)26)14-9-4-5-10-15(14)20/h4-5,9-10,12-13H,6-8,11H2,1-3H3,(H,21,26). The van der Waals surface area contributed by atoms with Gasteiger partial charge in [-0.3, -0.25) is 14.5 Å². The molecule has 3 atom stereocenters. The molecule has 1 aromatic carbocycles. The molecule has 1 N–H and O–H groups in total. The van der Waals surface area contributed by atoms with E-state index in [1.165, 1.54) is 25.1 Å². The third-order valence-electron chi connectivity index (χ3n) is 5.46. The van der Waals surface area contributed by atoms with Gasteiger partial charge in [0, 0.05) is 17.6 Å². The molecule has 7 heteroatoms. The number of amides is 4. The van der Waals surface area contributed by atoms with Crippen molar-refractivity contribution in [2.45, 2.75) is 57.7 Å². The van der Waals surface area contributed by atoms with Crippen molar-refractivity contribution in [3.05, 3.63) is 35.6 Å². The second-order valence-electron chi connectivity index (χ2n) is 7.36. The van der Waals surface area contributed by atoms with E-state index in [-0.39, 0.29) is 30.1 Å². The molecule has 2 aliphatic rings.